The monoisotopic (exact) mass is 324 g/mol. The predicted molar refractivity (Wildman–Crippen MR) is 90.6 cm³/mol. The molecule has 24 heavy (non-hydrogen) atoms. The average Bonchev–Trinajstić information content (AvgIpc) is 2.60. The molecule has 0 spiro atoms. The topological polar surface area (TPSA) is 69.6 Å². The lowest BCUT2D eigenvalue weighted by molar-refractivity contribution is -0.138. The highest BCUT2D eigenvalue weighted by molar-refractivity contribution is 5.82. The van der Waals surface area contributed by atoms with Crippen LogP contribution < -0.4 is 5.32 Å². The summed E-state index contributed by atoms with van der Waals surface area (Å²) in [5, 5.41) is 11.1. The zero-order valence-corrected chi connectivity index (χ0v) is 13.3. The highest BCUT2D eigenvalue weighted by Crippen LogP contribution is 2.33. The second-order valence-corrected chi connectivity index (χ2v) is 6.00. The number of carboxylic acids is 1. The molecule has 0 saturated carbocycles. The van der Waals surface area contributed by atoms with E-state index >= 15 is 0 Å². The zero-order chi connectivity index (χ0) is 16.9. The van der Waals surface area contributed by atoms with Crippen LogP contribution in [-0.2, 0) is 16.1 Å². The molecular formula is C19H20N2O3. The standard InChI is InChI=1S/C19H20N2O3/c22-18(20-10-19(23)24)13-21-11-15-8-4-5-9-16(15)17(12-21)14-6-2-1-3-7-14/h1-9,17H,10-13H2,(H,20,22)(H,23,24). The number of hydrogen-bond donors (Lipinski definition) is 2. The van der Waals surface area contributed by atoms with Crippen molar-refractivity contribution in [1.82, 2.24) is 10.2 Å². The van der Waals surface area contributed by atoms with Crippen molar-refractivity contribution in [2.45, 2.75) is 12.5 Å². The van der Waals surface area contributed by atoms with Gasteiger partial charge in [0.1, 0.15) is 6.54 Å². The van der Waals surface area contributed by atoms with Gasteiger partial charge in [0.25, 0.3) is 0 Å². The van der Waals surface area contributed by atoms with E-state index in [2.05, 4.69) is 34.5 Å². The van der Waals surface area contributed by atoms with Crippen LogP contribution in [0.5, 0.6) is 0 Å². The summed E-state index contributed by atoms with van der Waals surface area (Å²) in [7, 11) is 0. The van der Waals surface area contributed by atoms with Crippen LogP contribution in [0.1, 0.15) is 22.6 Å². The molecule has 1 aliphatic rings. The number of carboxylic acid groups (broad SMARTS) is 1. The summed E-state index contributed by atoms with van der Waals surface area (Å²) in [6.07, 6.45) is 0. The normalized spacial score (nSPS) is 17.1. The van der Waals surface area contributed by atoms with Gasteiger partial charge in [-0.15, -0.1) is 0 Å². The summed E-state index contributed by atoms with van der Waals surface area (Å²) < 4.78 is 0. The van der Waals surface area contributed by atoms with Crippen molar-refractivity contribution < 1.29 is 14.7 Å². The number of aliphatic carboxylic acids is 1. The second kappa shape index (κ2) is 7.27. The number of carbonyl (C=O) groups is 2. The molecule has 1 amide bonds. The molecule has 5 nitrogen and oxygen atoms in total. The lowest BCUT2D eigenvalue weighted by Gasteiger charge is -2.34. The Morgan fingerprint density at radius 3 is 2.54 bits per heavy atom. The lowest BCUT2D eigenvalue weighted by Crippen LogP contribution is -2.42. The molecule has 3 rings (SSSR count). The predicted octanol–water partition coefficient (Wildman–Crippen LogP) is 1.83. The first-order valence-electron chi connectivity index (χ1n) is 7.97. The van der Waals surface area contributed by atoms with E-state index in [1.165, 1.54) is 16.7 Å². The van der Waals surface area contributed by atoms with E-state index in [0.717, 1.165) is 6.54 Å². The molecule has 0 saturated heterocycles. The van der Waals surface area contributed by atoms with Crippen LogP contribution in [0.3, 0.4) is 0 Å². The van der Waals surface area contributed by atoms with Gasteiger partial charge in [0.05, 0.1) is 6.54 Å². The molecule has 124 valence electrons. The first kappa shape index (κ1) is 16.2. The van der Waals surface area contributed by atoms with Crippen LogP contribution in [0.4, 0.5) is 0 Å². The maximum absolute atomic E-state index is 12.0. The molecule has 1 unspecified atom stereocenters. The highest BCUT2D eigenvalue weighted by Gasteiger charge is 2.27. The Morgan fingerprint density at radius 2 is 1.79 bits per heavy atom. The van der Waals surface area contributed by atoms with Crippen LogP contribution in [0, 0.1) is 0 Å². The van der Waals surface area contributed by atoms with Crippen LogP contribution >= 0.6 is 0 Å². The van der Waals surface area contributed by atoms with Crippen LogP contribution in [0.2, 0.25) is 0 Å². The van der Waals surface area contributed by atoms with Crippen LogP contribution in [0.25, 0.3) is 0 Å². The van der Waals surface area contributed by atoms with Crippen molar-refractivity contribution >= 4 is 11.9 Å². The summed E-state index contributed by atoms with van der Waals surface area (Å²) in [4.78, 5) is 24.6. The Labute approximate surface area is 140 Å². The molecule has 0 bridgehead atoms. The maximum atomic E-state index is 12.0. The largest absolute Gasteiger partial charge is 0.480 e. The van der Waals surface area contributed by atoms with Crippen molar-refractivity contribution in [3.05, 3.63) is 71.3 Å². The van der Waals surface area contributed by atoms with Gasteiger partial charge in [-0.05, 0) is 16.7 Å². The average molecular weight is 324 g/mol. The van der Waals surface area contributed by atoms with Crippen molar-refractivity contribution in [2.75, 3.05) is 19.6 Å². The van der Waals surface area contributed by atoms with E-state index < -0.39 is 5.97 Å². The molecule has 2 aromatic carbocycles. The molecule has 0 aromatic heterocycles. The molecule has 1 aliphatic heterocycles. The zero-order valence-electron chi connectivity index (χ0n) is 13.3. The number of carbonyl (C=O) groups excluding carboxylic acids is 1. The van der Waals surface area contributed by atoms with Gasteiger partial charge in [0.2, 0.25) is 5.91 Å². The van der Waals surface area contributed by atoms with E-state index in [1.54, 1.807) is 0 Å². The Balaban J connectivity index is 1.78. The summed E-state index contributed by atoms with van der Waals surface area (Å²) in [6.45, 7) is 1.29. The minimum absolute atomic E-state index is 0.199. The van der Waals surface area contributed by atoms with Gasteiger partial charge in [-0.2, -0.15) is 0 Å². The van der Waals surface area contributed by atoms with E-state index in [4.69, 9.17) is 5.11 Å². The number of nitrogens with zero attached hydrogens (tertiary/aromatic N) is 1. The number of rotatable bonds is 5. The highest BCUT2D eigenvalue weighted by atomic mass is 16.4. The summed E-state index contributed by atoms with van der Waals surface area (Å²) in [6, 6.07) is 18.5. The molecule has 2 aromatic rings. The van der Waals surface area contributed by atoms with Crippen LogP contribution in [0.15, 0.2) is 54.6 Å². The number of amides is 1. The maximum Gasteiger partial charge on any atom is 0.322 e. The summed E-state index contributed by atoms with van der Waals surface area (Å²) in [5.41, 5.74) is 3.73. The van der Waals surface area contributed by atoms with E-state index in [9.17, 15) is 9.59 Å². The van der Waals surface area contributed by atoms with Gasteiger partial charge in [0, 0.05) is 19.0 Å². The summed E-state index contributed by atoms with van der Waals surface area (Å²) >= 11 is 0. The molecule has 0 radical (unpaired) electrons. The quantitative estimate of drug-likeness (QED) is 0.880. The Bertz CT molecular complexity index is 730. The first-order chi connectivity index (χ1) is 11.6. The first-order valence-corrected chi connectivity index (χ1v) is 7.97. The Kier molecular flexibility index (Phi) is 4.91. The fraction of sp³-hybridized carbons (Fsp3) is 0.263. The van der Waals surface area contributed by atoms with Gasteiger partial charge in [-0.25, -0.2) is 0 Å². The van der Waals surface area contributed by atoms with E-state index in [0.29, 0.717) is 6.54 Å². The minimum Gasteiger partial charge on any atom is -0.480 e. The fourth-order valence-corrected chi connectivity index (χ4v) is 3.20. The van der Waals surface area contributed by atoms with Gasteiger partial charge in [-0.3, -0.25) is 14.5 Å². The van der Waals surface area contributed by atoms with E-state index in [-0.39, 0.29) is 24.9 Å². The van der Waals surface area contributed by atoms with Crippen molar-refractivity contribution in [1.29, 1.82) is 0 Å². The number of nitrogens with one attached hydrogen (secondary N) is 1. The van der Waals surface area contributed by atoms with Gasteiger partial charge >= 0.3 is 5.97 Å². The third-order valence-corrected chi connectivity index (χ3v) is 4.27. The number of hydrogen-bond acceptors (Lipinski definition) is 3. The molecule has 0 fully saturated rings. The number of benzene rings is 2. The van der Waals surface area contributed by atoms with Crippen molar-refractivity contribution in [3.8, 4) is 0 Å². The van der Waals surface area contributed by atoms with Crippen molar-refractivity contribution in [3.63, 3.8) is 0 Å². The Hall–Kier alpha value is -2.66. The van der Waals surface area contributed by atoms with Crippen molar-refractivity contribution in [2.24, 2.45) is 0 Å². The second-order valence-electron chi connectivity index (χ2n) is 6.00. The fourth-order valence-electron chi connectivity index (χ4n) is 3.20. The minimum atomic E-state index is -1.03. The SMILES string of the molecule is O=C(O)CNC(=O)CN1Cc2ccccc2C(c2ccccc2)C1. The molecular weight excluding hydrogens is 304 g/mol. The lowest BCUT2D eigenvalue weighted by atomic mass is 9.85. The van der Waals surface area contributed by atoms with Crippen LogP contribution in [-0.4, -0.2) is 41.5 Å². The van der Waals surface area contributed by atoms with Gasteiger partial charge < -0.3 is 10.4 Å². The Morgan fingerprint density at radius 1 is 1.08 bits per heavy atom. The third kappa shape index (κ3) is 3.81. The summed E-state index contributed by atoms with van der Waals surface area (Å²) in [5.74, 6) is -1.08. The molecule has 0 aliphatic carbocycles. The third-order valence-electron chi connectivity index (χ3n) is 4.27. The molecule has 2 N–H and O–H groups in total. The van der Waals surface area contributed by atoms with Gasteiger partial charge in [-0.1, -0.05) is 54.6 Å². The van der Waals surface area contributed by atoms with E-state index in [1.807, 2.05) is 30.3 Å². The molecule has 1 atom stereocenters. The number of fused-ring (bicyclic) bond motifs is 1. The molecule has 1 heterocycles. The molecule has 5 heteroatoms. The smallest absolute Gasteiger partial charge is 0.322 e. The van der Waals surface area contributed by atoms with Gasteiger partial charge in [0.15, 0.2) is 0 Å².